The van der Waals surface area contributed by atoms with E-state index in [1.54, 1.807) is 0 Å². The van der Waals surface area contributed by atoms with E-state index < -0.39 is 0 Å². The molecule has 1 amide bonds. The van der Waals surface area contributed by atoms with Gasteiger partial charge in [0.1, 0.15) is 0 Å². The number of fused-ring (bicyclic) bond motifs is 2. The van der Waals surface area contributed by atoms with Gasteiger partial charge in [-0.05, 0) is 31.1 Å². The number of primary amides is 1. The van der Waals surface area contributed by atoms with Crippen LogP contribution >= 0.6 is 0 Å². The van der Waals surface area contributed by atoms with Gasteiger partial charge in [-0.3, -0.25) is 4.79 Å². The van der Waals surface area contributed by atoms with Crippen LogP contribution < -0.4 is 5.73 Å². The molecule has 3 aliphatic rings. The molecule has 0 aromatic heterocycles. The van der Waals surface area contributed by atoms with Crippen LogP contribution in [0.1, 0.15) is 19.3 Å². The monoisotopic (exact) mass is 151 g/mol. The maximum Gasteiger partial charge on any atom is 0.221 e. The Kier molecular flexibility index (Phi) is 1.48. The van der Waals surface area contributed by atoms with E-state index in [9.17, 15) is 4.79 Å². The minimum atomic E-state index is -0.107. The number of amides is 1. The Bertz CT molecular complexity index is 210. The second-order valence-electron chi connectivity index (χ2n) is 3.63. The maximum atomic E-state index is 10.9. The molecule has 2 bridgehead atoms. The molecule has 11 heavy (non-hydrogen) atoms. The van der Waals surface area contributed by atoms with Gasteiger partial charge in [-0.2, -0.15) is 0 Å². The van der Waals surface area contributed by atoms with Gasteiger partial charge < -0.3 is 5.73 Å². The molecule has 0 unspecified atom stereocenters. The van der Waals surface area contributed by atoms with Gasteiger partial charge in [0, 0.05) is 5.92 Å². The summed E-state index contributed by atoms with van der Waals surface area (Å²) in [7, 11) is 0. The zero-order valence-electron chi connectivity index (χ0n) is 6.49. The van der Waals surface area contributed by atoms with Gasteiger partial charge in [-0.1, -0.05) is 12.2 Å². The lowest BCUT2D eigenvalue weighted by Crippen LogP contribution is -2.36. The van der Waals surface area contributed by atoms with Crippen LogP contribution in [-0.4, -0.2) is 5.91 Å². The van der Waals surface area contributed by atoms with Crippen LogP contribution in [0.3, 0.4) is 0 Å². The normalized spacial score (nSPS) is 40.9. The van der Waals surface area contributed by atoms with Crippen molar-refractivity contribution in [2.24, 2.45) is 23.5 Å². The summed E-state index contributed by atoms with van der Waals surface area (Å²) in [5, 5.41) is 0. The summed E-state index contributed by atoms with van der Waals surface area (Å²) in [5.74, 6) is 1.12. The molecule has 60 valence electrons. The topological polar surface area (TPSA) is 43.1 Å². The van der Waals surface area contributed by atoms with Gasteiger partial charge in [0.25, 0.3) is 0 Å². The van der Waals surface area contributed by atoms with Gasteiger partial charge in [-0.15, -0.1) is 0 Å². The quantitative estimate of drug-likeness (QED) is 0.560. The minimum absolute atomic E-state index is 0.107. The van der Waals surface area contributed by atoms with Crippen molar-refractivity contribution in [3.05, 3.63) is 12.2 Å². The summed E-state index contributed by atoms with van der Waals surface area (Å²) >= 11 is 0. The van der Waals surface area contributed by atoms with E-state index in [0.29, 0.717) is 11.8 Å². The van der Waals surface area contributed by atoms with Crippen LogP contribution in [0.2, 0.25) is 0 Å². The molecule has 2 heteroatoms. The number of hydrogen-bond donors (Lipinski definition) is 1. The Morgan fingerprint density at radius 1 is 1.36 bits per heavy atom. The smallest absolute Gasteiger partial charge is 0.221 e. The third kappa shape index (κ3) is 1.06. The molecule has 3 rings (SSSR count). The van der Waals surface area contributed by atoms with Gasteiger partial charge in [0.05, 0.1) is 0 Å². The van der Waals surface area contributed by atoms with Crippen molar-refractivity contribution in [3.8, 4) is 0 Å². The lowest BCUT2D eigenvalue weighted by Gasteiger charge is -2.35. The van der Waals surface area contributed by atoms with E-state index in [-0.39, 0.29) is 11.8 Å². The molecule has 0 spiro atoms. The van der Waals surface area contributed by atoms with Gasteiger partial charge in [0.15, 0.2) is 0 Å². The molecule has 2 nitrogen and oxygen atoms in total. The molecule has 1 saturated carbocycles. The lowest BCUT2D eigenvalue weighted by molar-refractivity contribution is -0.124. The first-order valence-corrected chi connectivity index (χ1v) is 4.25. The molecule has 3 aliphatic carbocycles. The highest BCUT2D eigenvalue weighted by Gasteiger charge is 2.34. The molecule has 0 saturated heterocycles. The first-order chi connectivity index (χ1) is 5.27. The third-order valence-corrected chi connectivity index (χ3v) is 2.94. The number of allylic oxidation sites excluding steroid dienone is 2. The molecule has 0 aliphatic heterocycles. The van der Waals surface area contributed by atoms with Crippen LogP contribution in [0.4, 0.5) is 0 Å². The molecular formula is C9H13NO. The van der Waals surface area contributed by atoms with E-state index in [0.717, 1.165) is 12.8 Å². The first-order valence-electron chi connectivity index (χ1n) is 4.25. The second-order valence-corrected chi connectivity index (χ2v) is 3.63. The Labute approximate surface area is 66.5 Å². The molecule has 1 fully saturated rings. The highest BCUT2D eigenvalue weighted by Crippen LogP contribution is 2.39. The Morgan fingerprint density at radius 3 is 2.45 bits per heavy atom. The highest BCUT2D eigenvalue weighted by atomic mass is 16.1. The van der Waals surface area contributed by atoms with E-state index in [4.69, 9.17) is 5.73 Å². The predicted molar refractivity (Wildman–Crippen MR) is 42.7 cm³/mol. The zero-order valence-corrected chi connectivity index (χ0v) is 6.49. The average Bonchev–Trinajstić information content (AvgIpc) is 2.06. The van der Waals surface area contributed by atoms with Gasteiger partial charge in [0.2, 0.25) is 5.91 Å². The summed E-state index contributed by atoms with van der Waals surface area (Å²) in [4.78, 5) is 10.9. The fourth-order valence-corrected chi connectivity index (χ4v) is 2.26. The fraction of sp³-hybridized carbons (Fsp3) is 0.667. The summed E-state index contributed by atoms with van der Waals surface area (Å²) in [5.41, 5.74) is 5.28. The van der Waals surface area contributed by atoms with Crippen LogP contribution in [0, 0.1) is 17.8 Å². The van der Waals surface area contributed by atoms with Crippen molar-refractivity contribution in [1.29, 1.82) is 0 Å². The largest absolute Gasteiger partial charge is 0.369 e. The molecule has 3 atom stereocenters. The van der Waals surface area contributed by atoms with E-state index >= 15 is 0 Å². The maximum absolute atomic E-state index is 10.9. The summed E-state index contributed by atoms with van der Waals surface area (Å²) in [6, 6.07) is 0. The van der Waals surface area contributed by atoms with Crippen molar-refractivity contribution in [1.82, 2.24) is 0 Å². The van der Waals surface area contributed by atoms with Crippen molar-refractivity contribution in [2.45, 2.75) is 19.3 Å². The molecule has 0 radical (unpaired) electrons. The molecule has 2 N–H and O–H groups in total. The summed E-state index contributed by atoms with van der Waals surface area (Å²) in [6.07, 6.45) is 7.83. The van der Waals surface area contributed by atoms with Crippen molar-refractivity contribution in [3.63, 3.8) is 0 Å². The summed E-state index contributed by atoms with van der Waals surface area (Å²) < 4.78 is 0. The number of nitrogens with two attached hydrogens (primary N) is 1. The number of carbonyl (C=O) groups excluding carboxylic acids is 1. The Balaban J connectivity index is 2.17. The van der Waals surface area contributed by atoms with Crippen molar-refractivity contribution < 1.29 is 4.79 Å². The Morgan fingerprint density at radius 2 is 2.18 bits per heavy atom. The number of rotatable bonds is 1. The highest BCUT2D eigenvalue weighted by molar-refractivity contribution is 5.77. The lowest BCUT2D eigenvalue weighted by atomic mass is 9.69. The first kappa shape index (κ1) is 6.89. The van der Waals surface area contributed by atoms with Crippen LogP contribution in [-0.2, 0) is 4.79 Å². The number of carbonyl (C=O) groups is 1. The fourth-order valence-electron chi connectivity index (χ4n) is 2.26. The van der Waals surface area contributed by atoms with Gasteiger partial charge in [-0.25, -0.2) is 0 Å². The van der Waals surface area contributed by atoms with Crippen LogP contribution in [0.25, 0.3) is 0 Å². The summed E-state index contributed by atoms with van der Waals surface area (Å²) in [6.45, 7) is 0. The SMILES string of the molecule is NC(=O)[C@@H]1C[C@@H]2C=C[C@H]1CC2. The van der Waals surface area contributed by atoms with Gasteiger partial charge >= 0.3 is 0 Å². The van der Waals surface area contributed by atoms with E-state index in [1.807, 2.05) is 0 Å². The average molecular weight is 151 g/mol. The third-order valence-electron chi connectivity index (χ3n) is 2.94. The predicted octanol–water partition coefficient (Wildman–Crippen LogP) is 1.07. The van der Waals surface area contributed by atoms with Crippen molar-refractivity contribution >= 4 is 5.91 Å². The molecule has 0 aromatic rings. The van der Waals surface area contributed by atoms with E-state index in [2.05, 4.69) is 12.2 Å². The Hall–Kier alpha value is -0.790. The van der Waals surface area contributed by atoms with Crippen LogP contribution in [0.5, 0.6) is 0 Å². The van der Waals surface area contributed by atoms with Crippen LogP contribution in [0.15, 0.2) is 12.2 Å². The molecular weight excluding hydrogens is 138 g/mol. The second kappa shape index (κ2) is 2.36. The standard InChI is InChI=1S/C9H13NO/c10-9(11)8-5-6-1-3-7(8)4-2-6/h1,3,6-8H,2,4-5H2,(H2,10,11)/t6-,7+,8-/m1/s1. The number of hydrogen-bond acceptors (Lipinski definition) is 1. The zero-order chi connectivity index (χ0) is 7.84. The molecule has 0 heterocycles. The van der Waals surface area contributed by atoms with Crippen molar-refractivity contribution in [2.75, 3.05) is 0 Å². The van der Waals surface area contributed by atoms with E-state index in [1.165, 1.54) is 6.42 Å². The molecule has 0 aromatic carbocycles. The minimum Gasteiger partial charge on any atom is -0.369 e.